The van der Waals surface area contributed by atoms with Crippen LogP contribution in [-0.4, -0.2) is 80.2 Å². The predicted octanol–water partition coefficient (Wildman–Crippen LogP) is 0.876. The first-order chi connectivity index (χ1) is 13.1. The zero-order chi connectivity index (χ0) is 21.3. The second-order valence-electron chi connectivity index (χ2n) is 6.10. The lowest BCUT2D eigenvalue weighted by molar-refractivity contribution is -0.134. The summed E-state index contributed by atoms with van der Waals surface area (Å²) in [7, 11) is -3.23. The number of piperazine rings is 1. The Morgan fingerprint density at radius 3 is 2.32 bits per heavy atom. The monoisotopic (exact) mass is 435 g/mol. The number of amides is 1. The fourth-order valence-corrected chi connectivity index (χ4v) is 3.44. The van der Waals surface area contributed by atoms with Crippen LogP contribution in [0.25, 0.3) is 0 Å². The third-order valence-electron chi connectivity index (χ3n) is 3.77. The summed E-state index contributed by atoms with van der Waals surface area (Å²) < 4.78 is 30.1. The van der Waals surface area contributed by atoms with Gasteiger partial charge in [0.25, 0.3) is 11.9 Å². The van der Waals surface area contributed by atoms with E-state index in [-0.39, 0.29) is 5.91 Å². The predicted molar refractivity (Wildman–Crippen MR) is 106 cm³/mol. The van der Waals surface area contributed by atoms with Crippen molar-refractivity contribution in [2.45, 2.75) is 13.3 Å². The summed E-state index contributed by atoms with van der Waals surface area (Å²) >= 11 is 5.99. The quantitative estimate of drug-likeness (QED) is 0.634. The molecule has 1 aromatic carbocycles. The molecule has 1 aliphatic heterocycles. The number of sulfonamides is 1. The number of carbonyl (C=O) groups excluding carboxylic acids is 1. The van der Waals surface area contributed by atoms with E-state index in [1.807, 2.05) is 0 Å². The third kappa shape index (κ3) is 8.01. The standard InChI is InChI=1S/C15H22ClN3O4S.C2H4O2/c1-24(21,22)19-8-6-18(7-9-19)15(20)13-4-3-12(16)11-14(13)23-10-2-5-17;1-2(3)4/h3-4,11H,2,5-10,17H2,1H3;1H3,(H,3,4). The summed E-state index contributed by atoms with van der Waals surface area (Å²) in [6, 6.07) is 4.88. The molecule has 11 heteroatoms. The lowest BCUT2D eigenvalue weighted by Gasteiger charge is -2.33. The van der Waals surface area contributed by atoms with E-state index in [4.69, 9.17) is 32.0 Å². The van der Waals surface area contributed by atoms with Crippen LogP contribution >= 0.6 is 11.6 Å². The average molecular weight is 436 g/mol. The number of carboxylic acid groups (broad SMARTS) is 1. The number of carbonyl (C=O) groups is 2. The van der Waals surface area contributed by atoms with Crippen LogP contribution in [0.5, 0.6) is 5.75 Å². The molecule has 1 aliphatic rings. The molecule has 1 heterocycles. The molecule has 158 valence electrons. The zero-order valence-electron chi connectivity index (χ0n) is 15.9. The molecular formula is C17H26ClN3O6S. The van der Waals surface area contributed by atoms with Gasteiger partial charge in [-0.3, -0.25) is 9.59 Å². The van der Waals surface area contributed by atoms with E-state index in [1.165, 1.54) is 10.6 Å². The van der Waals surface area contributed by atoms with Crippen molar-refractivity contribution < 1.29 is 27.9 Å². The molecule has 0 saturated carbocycles. The molecule has 0 atom stereocenters. The van der Waals surface area contributed by atoms with Crippen molar-refractivity contribution in [3.05, 3.63) is 28.8 Å². The Morgan fingerprint density at radius 1 is 1.25 bits per heavy atom. The zero-order valence-corrected chi connectivity index (χ0v) is 17.5. The SMILES string of the molecule is CC(=O)O.CS(=O)(=O)N1CCN(C(=O)c2ccc(Cl)cc2OCCCN)CC1. The second-order valence-corrected chi connectivity index (χ2v) is 8.52. The summed E-state index contributed by atoms with van der Waals surface area (Å²) in [6.45, 7) is 3.26. The van der Waals surface area contributed by atoms with E-state index < -0.39 is 16.0 Å². The Kier molecular flexibility index (Phi) is 9.66. The van der Waals surface area contributed by atoms with E-state index in [9.17, 15) is 13.2 Å². The van der Waals surface area contributed by atoms with Crippen LogP contribution < -0.4 is 10.5 Å². The maximum atomic E-state index is 12.7. The number of ether oxygens (including phenoxy) is 1. The van der Waals surface area contributed by atoms with Crippen LogP contribution in [0, 0.1) is 0 Å². The molecule has 0 unspecified atom stereocenters. The van der Waals surface area contributed by atoms with Crippen molar-refractivity contribution in [2.24, 2.45) is 5.73 Å². The summed E-state index contributed by atoms with van der Waals surface area (Å²) in [6.07, 6.45) is 1.85. The van der Waals surface area contributed by atoms with Crippen LogP contribution in [0.4, 0.5) is 0 Å². The van der Waals surface area contributed by atoms with Crippen LogP contribution in [0.15, 0.2) is 18.2 Å². The number of aliphatic carboxylic acids is 1. The second kappa shape index (κ2) is 11.2. The van der Waals surface area contributed by atoms with Gasteiger partial charge in [-0.05, 0) is 31.2 Å². The molecule has 3 N–H and O–H groups in total. The van der Waals surface area contributed by atoms with Gasteiger partial charge in [0.15, 0.2) is 0 Å². The Hall–Kier alpha value is -1.88. The van der Waals surface area contributed by atoms with Crippen LogP contribution in [-0.2, 0) is 14.8 Å². The van der Waals surface area contributed by atoms with Gasteiger partial charge in [0.1, 0.15) is 5.75 Å². The van der Waals surface area contributed by atoms with Gasteiger partial charge < -0.3 is 20.5 Å². The minimum absolute atomic E-state index is 0.192. The number of hydrogen-bond donors (Lipinski definition) is 2. The fraction of sp³-hybridized carbons (Fsp3) is 0.529. The molecule has 0 aliphatic carbocycles. The summed E-state index contributed by atoms with van der Waals surface area (Å²) in [5.41, 5.74) is 5.87. The Labute approximate surface area is 170 Å². The van der Waals surface area contributed by atoms with Gasteiger partial charge in [-0.15, -0.1) is 0 Å². The molecule has 1 fully saturated rings. The van der Waals surface area contributed by atoms with Gasteiger partial charge in [0.05, 0.1) is 18.4 Å². The highest BCUT2D eigenvalue weighted by Crippen LogP contribution is 2.25. The number of nitrogens with zero attached hydrogens (tertiary/aromatic N) is 2. The largest absolute Gasteiger partial charge is 0.493 e. The van der Waals surface area contributed by atoms with Crippen molar-refractivity contribution in [1.82, 2.24) is 9.21 Å². The van der Waals surface area contributed by atoms with Crippen LogP contribution in [0.2, 0.25) is 5.02 Å². The van der Waals surface area contributed by atoms with Gasteiger partial charge in [0, 0.05) is 38.1 Å². The van der Waals surface area contributed by atoms with E-state index >= 15 is 0 Å². The molecular weight excluding hydrogens is 410 g/mol. The first kappa shape index (κ1) is 24.2. The van der Waals surface area contributed by atoms with Gasteiger partial charge in [-0.1, -0.05) is 11.6 Å². The third-order valence-corrected chi connectivity index (χ3v) is 5.31. The van der Waals surface area contributed by atoms with Crippen molar-refractivity contribution in [2.75, 3.05) is 45.6 Å². The Morgan fingerprint density at radius 2 is 1.82 bits per heavy atom. The van der Waals surface area contributed by atoms with Crippen LogP contribution in [0.3, 0.4) is 0 Å². The lowest BCUT2D eigenvalue weighted by Crippen LogP contribution is -2.50. The van der Waals surface area contributed by atoms with Gasteiger partial charge in [0.2, 0.25) is 10.0 Å². The molecule has 0 radical (unpaired) electrons. The van der Waals surface area contributed by atoms with Crippen LogP contribution in [0.1, 0.15) is 23.7 Å². The van der Waals surface area contributed by atoms with Gasteiger partial charge >= 0.3 is 0 Å². The average Bonchev–Trinajstić information content (AvgIpc) is 2.60. The topological polar surface area (TPSA) is 130 Å². The minimum Gasteiger partial charge on any atom is -0.493 e. The normalized spacial score (nSPS) is 14.8. The molecule has 9 nitrogen and oxygen atoms in total. The number of nitrogens with two attached hydrogens (primary N) is 1. The number of carboxylic acids is 1. The first-order valence-corrected chi connectivity index (χ1v) is 10.8. The highest BCUT2D eigenvalue weighted by atomic mass is 35.5. The Balaban J connectivity index is 0.000000892. The highest BCUT2D eigenvalue weighted by molar-refractivity contribution is 7.88. The molecule has 28 heavy (non-hydrogen) atoms. The number of rotatable bonds is 6. The molecule has 1 aromatic rings. The van der Waals surface area contributed by atoms with Crippen molar-refractivity contribution in [3.63, 3.8) is 0 Å². The van der Waals surface area contributed by atoms with E-state index in [1.54, 1.807) is 23.1 Å². The number of hydrogen-bond acceptors (Lipinski definition) is 6. The lowest BCUT2D eigenvalue weighted by atomic mass is 10.1. The molecule has 0 aromatic heterocycles. The molecule has 0 spiro atoms. The van der Waals surface area contributed by atoms with Gasteiger partial charge in [-0.25, -0.2) is 8.42 Å². The van der Waals surface area contributed by atoms with E-state index in [0.29, 0.717) is 62.1 Å². The van der Waals surface area contributed by atoms with E-state index in [2.05, 4.69) is 0 Å². The summed E-state index contributed by atoms with van der Waals surface area (Å²) in [4.78, 5) is 23.4. The first-order valence-electron chi connectivity index (χ1n) is 8.62. The van der Waals surface area contributed by atoms with Crippen molar-refractivity contribution >= 4 is 33.5 Å². The molecule has 2 rings (SSSR count). The summed E-state index contributed by atoms with van der Waals surface area (Å²) in [5.74, 6) is -0.603. The van der Waals surface area contributed by atoms with E-state index in [0.717, 1.165) is 6.92 Å². The Bertz CT molecular complexity index is 775. The number of benzene rings is 1. The molecule has 1 saturated heterocycles. The minimum atomic E-state index is -3.23. The fourth-order valence-electron chi connectivity index (χ4n) is 2.45. The van der Waals surface area contributed by atoms with Crippen molar-refractivity contribution in [3.8, 4) is 5.75 Å². The van der Waals surface area contributed by atoms with Crippen molar-refractivity contribution in [1.29, 1.82) is 0 Å². The smallest absolute Gasteiger partial charge is 0.300 e. The van der Waals surface area contributed by atoms with Gasteiger partial charge in [-0.2, -0.15) is 4.31 Å². The number of halogens is 1. The molecule has 1 amide bonds. The molecule has 0 bridgehead atoms. The maximum absolute atomic E-state index is 12.7. The summed E-state index contributed by atoms with van der Waals surface area (Å²) in [5, 5.41) is 7.90. The maximum Gasteiger partial charge on any atom is 0.300 e. The highest BCUT2D eigenvalue weighted by Gasteiger charge is 2.28.